The van der Waals surface area contributed by atoms with E-state index in [9.17, 15) is 43.8 Å². The molecular weight excluding hydrogens is 578 g/mol. The Labute approximate surface area is 247 Å². The lowest BCUT2D eigenvalue weighted by molar-refractivity contribution is -0.145. The van der Waals surface area contributed by atoms with Crippen molar-refractivity contribution in [2.24, 2.45) is 11.7 Å². The number of aliphatic hydroxyl groups excluding tert-OH is 2. The molecule has 42 heavy (non-hydrogen) atoms. The zero-order valence-corrected chi connectivity index (χ0v) is 24.9. The fourth-order valence-electron chi connectivity index (χ4n) is 3.22. The van der Waals surface area contributed by atoms with Crippen molar-refractivity contribution >= 4 is 53.2 Å². The molecule has 6 amide bonds. The third-order valence-corrected chi connectivity index (χ3v) is 6.59. The SMILES string of the molecule is CC[C@H](C)[C@H](NC(=O)CNC(=O)CNC(=O)[C@H](CCSC)NC(=O)CNC(=O)[C@@H](N)CO)C(=O)N[C@H](C(=O)O)[C@@H](C)O. The zero-order valence-electron chi connectivity index (χ0n) is 24.1. The van der Waals surface area contributed by atoms with E-state index in [4.69, 9.17) is 10.8 Å². The van der Waals surface area contributed by atoms with Crippen LogP contribution in [0.4, 0.5) is 0 Å². The van der Waals surface area contributed by atoms with Crippen LogP contribution in [0.3, 0.4) is 0 Å². The smallest absolute Gasteiger partial charge is 0.328 e. The molecule has 0 saturated carbocycles. The van der Waals surface area contributed by atoms with Gasteiger partial charge >= 0.3 is 5.97 Å². The van der Waals surface area contributed by atoms with Gasteiger partial charge in [0.1, 0.15) is 18.1 Å². The molecule has 0 aliphatic rings. The number of aliphatic carboxylic acids is 1. The molecule has 0 spiro atoms. The number of hydrogen-bond donors (Lipinski definition) is 10. The molecule has 240 valence electrons. The van der Waals surface area contributed by atoms with Gasteiger partial charge in [0.25, 0.3) is 0 Å². The lowest BCUT2D eigenvalue weighted by Crippen LogP contribution is -2.57. The van der Waals surface area contributed by atoms with Crippen molar-refractivity contribution in [3.8, 4) is 0 Å². The first-order valence-corrected chi connectivity index (χ1v) is 14.5. The molecule has 0 aromatic heterocycles. The highest BCUT2D eigenvalue weighted by Gasteiger charge is 2.32. The van der Waals surface area contributed by atoms with E-state index in [1.807, 2.05) is 0 Å². The summed E-state index contributed by atoms with van der Waals surface area (Å²) in [5, 5.41) is 41.6. The van der Waals surface area contributed by atoms with Crippen molar-refractivity contribution in [3.05, 3.63) is 0 Å². The van der Waals surface area contributed by atoms with E-state index in [0.717, 1.165) is 0 Å². The molecule has 0 aliphatic heterocycles. The summed E-state index contributed by atoms with van der Waals surface area (Å²) in [7, 11) is 0. The number of thioether (sulfide) groups is 1. The highest BCUT2D eigenvalue weighted by Crippen LogP contribution is 2.09. The lowest BCUT2D eigenvalue weighted by atomic mass is 9.97. The maximum Gasteiger partial charge on any atom is 0.328 e. The van der Waals surface area contributed by atoms with E-state index in [1.165, 1.54) is 18.7 Å². The molecule has 0 aliphatic carbocycles. The van der Waals surface area contributed by atoms with Crippen molar-refractivity contribution in [2.75, 3.05) is 38.2 Å². The van der Waals surface area contributed by atoms with Gasteiger partial charge in [0.2, 0.25) is 35.4 Å². The summed E-state index contributed by atoms with van der Waals surface area (Å²) >= 11 is 1.41. The summed E-state index contributed by atoms with van der Waals surface area (Å²) in [6.45, 7) is 2.40. The van der Waals surface area contributed by atoms with Gasteiger partial charge in [-0.1, -0.05) is 20.3 Å². The number of aliphatic hydroxyl groups is 2. The second-order valence-electron chi connectivity index (χ2n) is 9.40. The number of nitrogens with one attached hydrogen (secondary N) is 6. The molecule has 0 saturated heterocycles. The standard InChI is InChI=1S/C24H43N7O10S/c1-5-12(2)19(23(39)31-20(13(3)33)24(40)41)30-18(36)9-26-16(34)8-28-22(38)15(6-7-42-4)29-17(35)10-27-21(37)14(25)11-32/h12-15,19-20,32-33H,5-11,25H2,1-4H3,(H,26,34)(H,27,37)(H,28,38)(H,29,35)(H,30,36)(H,31,39)(H,40,41)/t12-,13+,14-,15-,19-,20-/m0/s1. The summed E-state index contributed by atoms with van der Waals surface area (Å²) in [5.74, 6) is -5.84. The number of carboxylic acids is 1. The monoisotopic (exact) mass is 621 g/mol. The number of carboxylic acid groups (broad SMARTS) is 1. The molecule has 17 nitrogen and oxygen atoms in total. The molecule has 0 bridgehead atoms. The molecule has 0 aromatic carbocycles. The Kier molecular flexibility index (Phi) is 18.7. The lowest BCUT2D eigenvalue weighted by Gasteiger charge is -2.26. The van der Waals surface area contributed by atoms with Crippen LogP contribution in [0.15, 0.2) is 0 Å². The second kappa shape index (κ2) is 20.4. The van der Waals surface area contributed by atoms with Crippen LogP contribution in [0.5, 0.6) is 0 Å². The molecule has 0 radical (unpaired) electrons. The first-order chi connectivity index (χ1) is 19.7. The fourth-order valence-corrected chi connectivity index (χ4v) is 3.69. The normalized spacial score (nSPS) is 15.0. The van der Waals surface area contributed by atoms with Gasteiger partial charge in [-0.15, -0.1) is 0 Å². The van der Waals surface area contributed by atoms with Crippen LogP contribution in [0.2, 0.25) is 0 Å². The van der Waals surface area contributed by atoms with Gasteiger partial charge < -0.3 is 53.0 Å². The van der Waals surface area contributed by atoms with Gasteiger partial charge in [-0.05, 0) is 31.3 Å². The average molecular weight is 622 g/mol. The Bertz CT molecular complexity index is 953. The Morgan fingerprint density at radius 1 is 0.786 bits per heavy atom. The predicted molar refractivity (Wildman–Crippen MR) is 152 cm³/mol. The number of hydrogen-bond acceptors (Lipinski definition) is 11. The molecule has 6 atom stereocenters. The van der Waals surface area contributed by atoms with Crippen LogP contribution < -0.4 is 37.6 Å². The van der Waals surface area contributed by atoms with Gasteiger partial charge in [0.05, 0.1) is 32.3 Å². The van der Waals surface area contributed by atoms with Crippen LogP contribution in [-0.4, -0.2) is 125 Å². The van der Waals surface area contributed by atoms with Crippen molar-refractivity contribution in [1.82, 2.24) is 31.9 Å². The number of carbonyl (C=O) groups is 7. The largest absolute Gasteiger partial charge is 0.480 e. The minimum Gasteiger partial charge on any atom is -0.480 e. The molecular formula is C24H43N7O10S. The molecule has 0 aromatic rings. The summed E-state index contributed by atoms with van der Waals surface area (Å²) in [4.78, 5) is 85.0. The van der Waals surface area contributed by atoms with E-state index in [2.05, 4.69) is 31.9 Å². The average Bonchev–Trinajstić information content (AvgIpc) is 2.95. The Hall–Kier alpha value is -3.48. The van der Waals surface area contributed by atoms with Crippen molar-refractivity contribution in [1.29, 1.82) is 0 Å². The summed E-state index contributed by atoms with van der Waals surface area (Å²) in [6, 6.07) is -4.97. The third kappa shape index (κ3) is 14.9. The zero-order chi connectivity index (χ0) is 32.4. The maximum absolute atomic E-state index is 12.6. The topological polar surface area (TPSA) is 278 Å². The van der Waals surface area contributed by atoms with Crippen LogP contribution in [-0.2, 0) is 33.6 Å². The van der Waals surface area contributed by atoms with E-state index >= 15 is 0 Å². The first kappa shape index (κ1) is 38.5. The molecule has 0 rings (SSSR count). The van der Waals surface area contributed by atoms with Crippen LogP contribution in [0.25, 0.3) is 0 Å². The second-order valence-corrected chi connectivity index (χ2v) is 10.4. The molecule has 18 heteroatoms. The third-order valence-electron chi connectivity index (χ3n) is 5.95. The van der Waals surface area contributed by atoms with Crippen molar-refractivity contribution < 1.29 is 48.9 Å². The number of nitrogens with two attached hydrogens (primary N) is 1. The predicted octanol–water partition coefficient (Wildman–Crippen LogP) is -4.63. The quantitative estimate of drug-likeness (QED) is 0.0615. The molecule has 0 fully saturated rings. The fraction of sp³-hybridized carbons (Fsp3) is 0.708. The van der Waals surface area contributed by atoms with E-state index in [1.54, 1.807) is 20.1 Å². The number of amides is 6. The molecule has 0 heterocycles. The summed E-state index contributed by atoms with van der Waals surface area (Å²) in [6.07, 6.45) is 1.06. The first-order valence-electron chi connectivity index (χ1n) is 13.2. The van der Waals surface area contributed by atoms with Crippen molar-refractivity contribution in [2.45, 2.75) is 63.9 Å². The van der Waals surface area contributed by atoms with E-state index < -0.39 is 104 Å². The van der Waals surface area contributed by atoms with Crippen molar-refractivity contribution in [3.63, 3.8) is 0 Å². The minimum absolute atomic E-state index is 0.212. The number of rotatable bonds is 20. The molecule has 11 N–H and O–H groups in total. The number of carbonyl (C=O) groups excluding carboxylic acids is 6. The highest BCUT2D eigenvalue weighted by molar-refractivity contribution is 7.98. The highest BCUT2D eigenvalue weighted by atomic mass is 32.2. The van der Waals surface area contributed by atoms with E-state index in [-0.39, 0.29) is 6.42 Å². The Balaban J connectivity index is 4.94. The summed E-state index contributed by atoms with van der Waals surface area (Å²) in [5.41, 5.74) is 5.35. The Morgan fingerprint density at radius 3 is 1.86 bits per heavy atom. The van der Waals surface area contributed by atoms with Crippen LogP contribution in [0, 0.1) is 5.92 Å². The van der Waals surface area contributed by atoms with Gasteiger partial charge in [0, 0.05) is 0 Å². The van der Waals surface area contributed by atoms with Crippen LogP contribution in [0.1, 0.15) is 33.6 Å². The van der Waals surface area contributed by atoms with Gasteiger partial charge in [-0.25, -0.2) is 4.79 Å². The minimum atomic E-state index is -1.59. The van der Waals surface area contributed by atoms with Gasteiger partial charge in [0.15, 0.2) is 6.04 Å². The Morgan fingerprint density at radius 2 is 1.33 bits per heavy atom. The van der Waals surface area contributed by atoms with Crippen LogP contribution >= 0.6 is 11.8 Å². The van der Waals surface area contributed by atoms with Gasteiger partial charge in [-0.2, -0.15) is 11.8 Å². The van der Waals surface area contributed by atoms with E-state index in [0.29, 0.717) is 12.2 Å². The maximum atomic E-state index is 12.6. The van der Waals surface area contributed by atoms with Gasteiger partial charge in [-0.3, -0.25) is 28.8 Å². The summed E-state index contributed by atoms with van der Waals surface area (Å²) < 4.78 is 0. The molecule has 0 unspecified atom stereocenters.